The van der Waals surface area contributed by atoms with Crippen LogP contribution in [0.3, 0.4) is 0 Å². The van der Waals surface area contributed by atoms with Gasteiger partial charge in [-0.15, -0.1) is 0 Å². The molecule has 148 valence electrons. The molecule has 0 bridgehead atoms. The van der Waals surface area contributed by atoms with Crippen molar-refractivity contribution in [3.05, 3.63) is 94.9 Å². The van der Waals surface area contributed by atoms with Gasteiger partial charge in [-0.1, -0.05) is 48.5 Å². The molecule has 2 aromatic carbocycles. The fourth-order valence-electron chi connectivity index (χ4n) is 2.86. The van der Waals surface area contributed by atoms with E-state index in [2.05, 4.69) is 16.2 Å². The van der Waals surface area contributed by atoms with Crippen LogP contribution in [0.2, 0.25) is 0 Å². The molecule has 0 aliphatic carbocycles. The first-order chi connectivity index (χ1) is 14.0. The van der Waals surface area contributed by atoms with Crippen LogP contribution in [0, 0.1) is 13.8 Å². The first kappa shape index (κ1) is 19.9. The summed E-state index contributed by atoms with van der Waals surface area (Å²) in [4.78, 5) is 37.6. The largest absolute Gasteiger partial charge is 0.466 e. The molecule has 1 atom stereocenters. The van der Waals surface area contributed by atoms with Gasteiger partial charge in [0.1, 0.15) is 17.6 Å². The molecule has 1 unspecified atom stereocenters. The Morgan fingerprint density at radius 3 is 2.03 bits per heavy atom. The van der Waals surface area contributed by atoms with Crippen LogP contribution in [-0.4, -0.2) is 17.7 Å². The van der Waals surface area contributed by atoms with E-state index < -0.39 is 23.8 Å². The van der Waals surface area contributed by atoms with E-state index in [1.165, 1.54) is 0 Å². The molecule has 0 aliphatic heterocycles. The minimum atomic E-state index is -0.989. The number of hydrogen-bond acceptors (Lipinski definition) is 4. The number of nitrogens with one attached hydrogen (secondary N) is 3. The number of benzene rings is 2. The Bertz CT molecular complexity index is 1010. The molecule has 3 amide bonds. The van der Waals surface area contributed by atoms with Crippen molar-refractivity contribution in [2.45, 2.75) is 19.9 Å². The number of hydrazine groups is 1. The molecule has 0 fully saturated rings. The van der Waals surface area contributed by atoms with Crippen molar-refractivity contribution in [2.75, 3.05) is 0 Å². The number of hydrogen-bond donors (Lipinski definition) is 3. The number of furan rings is 1. The molecule has 3 aromatic rings. The maximum absolute atomic E-state index is 12.8. The summed E-state index contributed by atoms with van der Waals surface area (Å²) >= 11 is 0. The Morgan fingerprint density at radius 2 is 1.45 bits per heavy atom. The van der Waals surface area contributed by atoms with E-state index in [0.29, 0.717) is 28.2 Å². The van der Waals surface area contributed by atoms with Gasteiger partial charge in [0.2, 0.25) is 0 Å². The second kappa shape index (κ2) is 8.88. The van der Waals surface area contributed by atoms with Crippen molar-refractivity contribution in [1.29, 1.82) is 0 Å². The van der Waals surface area contributed by atoms with Crippen molar-refractivity contribution in [3.63, 3.8) is 0 Å². The predicted octanol–water partition coefficient (Wildman–Crippen LogP) is 2.83. The Balaban J connectivity index is 1.73. The van der Waals surface area contributed by atoms with Gasteiger partial charge in [0.05, 0.1) is 5.56 Å². The molecule has 1 aromatic heterocycles. The molecular weight excluding hydrogens is 370 g/mol. The zero-order valence-electron chi connectivity index (χ0n) is 16.1. The maximum atomic E-state index is 12.8. The number of amides is 3. The summed E-state index contributed by atoms with van der Waals surface area (Å²) in [6, 6.07) is 18.0. The van der Waals surface area contributed by atoms with E-state index >= 15 is 0 Å². The SMILES string of the molecule is Cc1cc(C(=O)NNC(=O)C(NC(=O)c2ccccc2)c2ccccc2)c(C)o1. The van der Waals surface area contributed by atoms with Crippen LogP contribution in [0.15, 0.2) is 71.1 Å². The quantitative estimate of drug-likeness (QED) is 0.582. The third kappa shape index (κ3) is 4.90. The van der Waals surface area contributed by atoms with E-state index in [1.807, 2.05) is 6.07 Å². The van der Waals surface area contributed by atoms with Gasteiger partial charge in [-0.25, -0.2) is 0 Å². The minimum Gasteiger partial charge on any atom is -0.466 e. The molecule has 0 aliphatic rings. The molecular formula is C22H21N3O4. The third-order valence-corrected chi connectivity index (χ3v) is 4.29. The highest BCUT2D eigenvalue weighted by atomic mass is 16.3. The highest BCUT2D eigenvalue weighted by molar-refractivity contribution is 5.99. The monoisotopic (exact) mass is 391 g/mol. The lowest BCUT2D eigenvalue weighted by Crippen LogP contribution is -2.48. The van der Waals surface area contributed by atoms with Crippen LogP contribution in [0.1, 0.15) is 43.8 Å². The van der Waals surface area contributed by atoms with Gasteiger partial charge < -0.3 is 9.73 Å². The fraction of sp³-hybridized carbons (Fsp3) is 0.136. The number of aryl methyl sites for hydroxylation is 2. The number of rotatable bonds is 5. The topological polar surface area (TPSA) is 100 Å². The van der Waals surface area contributed by atoms with Gasteiger partial charge in [-0.2, -0.15) is 0 Å². The number of carbonyl (C=O) groups is 3. The van der Waals surface area contributed by atoms with Crippen LogP contribution in [0.5, 0.6) is 0 Å². The smallest absolute Gasteiger partial charge is 0.273 e. The van der Waals surface area contributed by atoms with E-state index in [4.69, 9.17) is 4.42 Å². The summed E-state index contributed by atoms with van der Waals surface area (Å²) in [6.07, 6.45) is 0. The zero-order valence-corrected chi connectivity index (χ0v) is 16.1. The molecule has 0 spiro atoms. The van der Waals surface area contributed by atoms with E-state index in [9.17, 15) is 14.4 Å². The van der Waals surface area contributed by atoms with Crippen LogP contribution >= 0.6 is 0 Å². The Morgan fingerprint density at radius 1 is 0.828 bits per heavy atom. The van der Waals surface area contributed by atoms with Crippen LogP contribution in [0.25, 0.3) is 0 Å². The van der Waals surface area contributed by atoms with Crippen molar-refractivity contribution in [1.82, 2.24) is 16.2 Å². The lowest BCUT2D eigenvalue weighted by Gasteiger charge is -2.19. The normalized spacial score (nSPS) is 11.4. The second-order valence-electron chi connectivity index (χ2n) is 6.45. The minimum absolute atomic E-state index is 0.326. The Hall–Kier alpha value is -3.87. The maximum Gasteiger partial charge on any atom is 0.273 e. The molecule has 1 heterocycles. The molecule has 3 rings (SSSR count). The summed E-state index contributed by atoms with van der Waals surface area (Å²) in [5, 5.41) is 2.71. The van der Waals surface area contributed by atoms with Crippen LogP contribution < -0.4 is 16.2 Å². The molecule has 0 saturated heterocycles. The van der Waals surface area contributed by atoms with Crippen molar-refractivity contribution < 1.29 is 18.8 Å². The van der Waals surface area contributed by atoms with Gasteiger partial charge in [0.25, 0.3) is 17.7 Å². The summed E-state index contributed by atoms with van der Waals surface area (Å²) in [7, 11) is 0. The van der Waals surface area contributed by atoms with Crippen molar-refractivity contribution in [3.8, 4) is 0 Å². The standard InChI is InChI=1S/C22H21N3O4/c1-14-13-18(15(2)29-14)21(27)24-25-22(28)19(16-9-5-3-6-10-16)23-20(26)17-11-7-4-8-12-17/h3-13,19H,1-2H3,(H,23,26)(H,24,27)(H,25,28). The summed E-state index contributed by atoms with van der Waals surface area (Å²) < 4.78 is 5.33. The highest BCUT2D eigenvalue weighted by Crippen LogP contribution is 2.15. The van der Waals surface area contributed by atoms with Gasteiger partial charge in [-0.05, 0) is 37.6 Å². The van der Waals surface area contributed by atoms with Gasteiger partial charge in [-0.3, -0.25) is 25.2 Å². The zero-order chi connectivity index (χ0) is 20.8. The van der Waals surface area contributed by atoms with Crippen LogP contribution in [-0.2, 0) is 4.79 Å². The summed E-state index contributed by atoms with van der Waals surface area (Å²) in [6.45, 7) is 3.39. The lowest BCUT2D eigenvalue weighted by molar-refractivity contribution is -0.123. The molecule has 29 heavy (non-hydrogen) atoms. The van der Waals surface area contributed by atoms with Crippen molar-refractivity contribution >= 4 is 17.7 Å². The summed E-state index contributed by atoms with van der Waals surface area (Å²) in [5.41, 5.74) is 6.08. The first-order valence-corrected chi connectivity index (χ1v) is 9.04. The van der Waals surface area contributed by atoms with Gasteiger partial charge >= 0.3 is 0 Å². The third-order valence-electron chi connectivity index (χ3n) is 4.29. The van der Waals surface area contributed by atoms with E-state index in [1.54, 1.807) is 74.5 Å². The van der Waals surface area contributed by atoms with E-state index in [0.717, 1.165) is 0 Å². The molecule has 3 N–H and O–H groups in total. The predicted molar refractivity (Wildman–Crippen MR) is 107 cm³/mol. The highest BCUT2D eigenvalue weighted by Gasteiger charge is 2.24. The average molecular weight is 391 g/mol. The van der Waals surface area contributed by atoms with Crippen LogP contribution in [0.4, 0.5) is 0 Å². The molecule has 7 nitrogen and oxygen atoms in total. The second-order valence-corrected chi connectivity index (χ2v) is 6.45. The van der Waals surface area contributed by atoms with Crippen molar-refractivity contribution in [2.24, 2.45) is 0 Å². The summed E-state index contributed by atoms with van der Waals surface area (Å²) in [5.74, 6) is -0.440. The first-order valence-electron chi connectivity index (χ1n) is 9.04. The van der Waals surface area contributed by atoms with E-state index in [-0.39, 0.29) is 0 Å². The van der Waals surface area contributed by atoms with Gasteiger partial charge in [0.15, 0.2) is 0 Å². The number of carbonyl (C=O) groups excluding carboxylic acids is 3. The Kier molecular flexibility index (Phi) is 6.09. The Labute approximate surface area is 168 Å². The lowest BCUT2D eigenvalue weighted by atomic mass is 10.1. The average Bonchev–Trinajstić information content (AvgIpc) is 3.09. The van der Waals surface area contributed by atoms with Gasteiger partial charge in [0, 0.05) is 5.56 Å². The molecule has 0 saturated carbocycles. The molecule has 0 radical (unpaired) electrons. The fourth-order valence-corrected chi connectivity index (χ4v) is 2.86. The molecule has 7 heteroatoms.